The van der Waals surface area contributed by atoms with Crippen LogP contribution in [-0.4, -0.2) is 123 Å². The summed E-state index contributed by atoms with van der Waals surface area (Å²) in [5.41, 5.74) is 9.27. The van der Waals surface area contributed by atoms with Crippen LogP contribution in [0.4, 0.5) is 33.0 Å². The number of nitrogens with one attached hydrogen (secondary N) is 3. The zero-order valence-corrected chi connectivity index (χ0v) is 36.5. The van der Waals surface area contributed by atoms with Gasteiger partial charge in [0.2, 0.25) is 11.8 Å². The fourth-order valence-corrected chi connectivity index (χ4v) is 10.4. The number of imidazole rings is 2. The summed E-state index contributed by atoms with van der Waals surface area (Å²) in [6.45, 7) is 7.51. The second-order valence-corrected chi connectivity index (χ2v) is 18.1. The predicted molar refractivity (Wildman–Crippen MR) is 246 cm³/mol. The van der Waals surface area contributed by atoms with Crippen molar-refractivity contribution >= 4 is 63.0 Å². The van der Waals surface area contributed by atoms with E-state index in [-0.39, 0.29) is 23.7 Å². The Balaban J connectivity index is 0.721. The van der Waals surface area contributed by atoms with Crippen LogP contribution in [0.2, 0.25) is 0 Å². The van der Waals surface area contributed by atoms with Crippen LogP contribution in [0.5, 0.6) is 0 Å². The fraction of sp³-hybridized carbons (Fsp3) is 0.426. The third-order valence-electron chi connectivity index (χ3n) is 14.1. The molecule has 11 rings (SSSR count). The molecule has 2 aromatic carbocycles. The molecule has 4 aromatic heterocycles. The van der Waals surface area contributed by atoms with Gasteiger partial charge in [0.15, 0.2) is 17.2 Å². The summed E-state index contributed by atoms with van der Waals surface area (Å²) in [5.74, 6) is 0.168. The minimum absolute atomic E-state index is 0.217. The van der Waals surface area contributed by atoms with Crippen LogP contribution in [-0.2, 0) is 23.1 Å². The first-order valence-electron chi connectivity index (χ1n) is 22.8. The van der Waals surface area contributed by atoms with E-state index in [1.54, 1.807) is 16.1 Å². The zero-order chi connectivity index (χ0) is 44.5. The second kappa shape index (κ2) is 16.3. The van der Waals surface area contributed by atoms with Crippen LogP contribution in [0.15, 0.2) is 71.8 Å². The Bertz CT molecular complexity index is 2930. The number of amides is 3. The van der Waals surface area contributed by atoms with Crippen LogP contribution in [0.25, 0.3) is 27.9 Å². The standard InChI is InChI=1S/C47H52FN13O4/c1-49-36-25-42(54-61-41(26-51-44(36)61)46(64)52-35-24-33(35)48)59-17-13-32-31(4-3-5-37(32)59)34-22-30(10-14-50-34)58-20-18-56(19-21-58)27-28-11-15-57(16-12-28)29-6-7-38-40(23-29)55(2)47(65)60(38)39-8-9-43(62)53-45(39)63/h3-7,10,14,22-23,25-26,28,33,35,39,49H,8-9,11-13,15-21,24,27H2,1-2H3,(H,52,64)(H,53,62,63). The van der Waals surface area contributed by atoms with Gasteiger partial charge in [0.25, 0.3) is 5.91 Å². The number of halogens is 1. The Labute approximate surface area is 374 Å². The molecule has 0 radical (unpaired) electrons. The zero-order valence-electron chi connectivity index (χ0n) is 36.5. The first-order chi connectivity index (χ1) is 31.6. The molecular weight excluding hydrogens is 830 g/mol. The highest BCUT2D eigenvalue weighted by molar-refractivity contribution is 6.00. The third-order valence-corrected chi connectivity index (χ3v) is 14.1. The summed E-state index contributed by atoms with van der Waals surface area (Å²) in [7, 11) is 3.56. The number of alkyl halides is 1. The number of carbonyl (C=O) groups excluding carboxylic acids is 3. The lowest BCUT2D eigenvalue weighted by Crippen LogP contribution is -2.49. The molecule has 18 heteroatoms. The maximum Gasteiger partial charge on any atom is 0.329 e. The lowest BCUT2D eigenvalue weighted by atomic mass is 9.95. The molecule has 3 N–H and O–H groups in total. The van der Waals surface area contributed by atoms with Crippen molar-refractivity contribution in [1.29, 1.82) is 0 Å². The van der Waals surface area contributed by atoms with Gasteiger partial charge in [0.1, 0.15) is 12.2 Å². The van der Waals surface area contributed by atoms with Gasteiger partial charge in [-0.1, -0.05) is 12.1 Å². The monoisotopic (exact) mass is 881 g/mol. The predicted octanol–water partition coefficient (Wildman–Crippen LogP) is 4.04. The van der Waals surface area contributed by atoms with Gasteiger partial charge in [-0.05, 0) is 73.6 Å². The van der Waals surface area contributed by atoms with Crippen molar-refractivity contribution in [2.75, 3.05) is 79.4 Å². The Morgan fingerprint density at radius 1 is 0.877 bits per heavy atom. The van der Waals surface area contributed by atoms with Gasteiger partial charge in [-0.2, -0.15) is 0 Å². The van der Waals surface area contributed by atoms with E-state index < -0.39 is 30.1 Å². The summed E-state index contributed by atoms with van der Waals surface area (Å²) < 4.78 is 18.3. The molecule has 0 bridgehead atoms. The van der Waals surface area contributed by atoms with Crippen molar-refractivity contribution < 1.29 is 18.8 Å². The van der Waals surface area contributed by atoms with E-state index in [1.165, 1.54) is 22.0 Å². The lowest BCUT2D eigenvalue weighted by Gasteiger charge is -2.40. The third kappa shape index (κ3) is 7.42. The Kier molecular flexibility index (Phi) is 10.3. The number of aryl methyl sites for hydroxylation is 1. The van der Waals surface area contributed by atoms with Gasteiger partial charge in [-0.15, -0.1) is 5.10 Å². The molecule has 1 saturated carbocycles. The molecule has 3 amide bonds. The number of benzene rings is 2. The normalized spacial score (nSPS) is 21.6. The number of piperidine rings is 2. The van der Waals surface area contributed by atoms with Crippen molar-refractivity contribution in [2.45, 2.75) is 56.8 Å². The van der Waals surface area contributed by atoms with Gasteiger partial charge in [-0.25, -0.2) is 18.7 Å². The molecule has 65 heavy (non-hydrogen) atoms. The number of hydrogen-bond donors (Lipinski definition) is 3. The first-order valence-corrected chi connectivity index (χ1v) is 22.8. The van der Waals surface area contributed by atoms with Crippen LogP contribution < -0.4 is 36.3 Å². The number of hydrogen-bond acceptors (Lipinski definition) is 12. The van der Waals surface area contributed by atoms with E-state index in [1.807, 2.05) is 25.4 Å². The smallest absolute Gasteiger partial charge is 0.329 e. The minimum Gasteiger partial charge on any atom is -0.385 e. The van der Waals surface area contributed by atoms with Gasteiger partial charge < -0.3 is 25.3 Å². The number of nitrogens with zero attached hydrogens (tertiary/aromatic N) is 10. The van der Waals surface area contributed by atoms with Gasteiger partial charge in [0.05, 0.1) is 34.7 Å². The molecule has 3 atom stereocenters. The molecule has 4 fully saturated rings. The molecular formula is C47H52FN13O4. The average molecular weight is 882 g/mol. The Morgan fingerprint density at radius 3 is 2.43 bits per heavy atom. The maximum atomic E-state index is 13.6. The number of fused-ring (bicyclic) bond motifs is 3. The summed E-state index contributed by atoms with van der Waals surface area (Å²) in [4.78, 5) is 69.7. The van der Waals surface area contributed by atoms with Crippen LogP contribution >= 0.6 is 0 Å². The number of imide groups is 1. The van der Waals surface area contributed by atoms with E-state index >= 15 is 0 Å². The molecule has 1 aliphatic carbocycles. The van der Waals surface area contributed by atoms with E-state index in [9.17, 15) is 23.6 Å². The van der Waals surface area contributed by atoms with Crippen molar-refractivity contribution in [3.63, 3.8) is 0 Å². The van der Waals surface area contributed by atoms with Crippen LogP contribution in [0, 0.1) is 5.92 Å². The second-order valence-electron chi connectivity index (χ2n) is 18.1. The topological polar surface area (TPSA) is 170 Å². The molecule has 17 nitrogen and oxygen atoms in total. The molecule has 0 spiro atoms. The Morgan fingerprint density at radius 2 is 1.66 bits per heavy atom. The Hall–Kier alpha value is -6.82. The van der Waals surface area contributed by atoms with Gasteiger partial charge in [-0.3, -0.25) is 38.7 Å². The molecule has 4 aliphatic heterocycles. The first kappa shape index (κ1) is 40.9. The number of piperazine rings is 1. The van der Waals surface area contributed by atoms with E-state index in [0.717, 1.165) is 98.9 Å². The van der Waals surface area contributed by atoms with Crippen LogP contribution in [0.3, 0.4) is 0 Å². The fourth-order valence-electron chi connectivity index (χ4n) is 10.4. The number of carbonyl (C=O) groups is 3. The highest BCUT2D eigenvalue weighted by atomic mass is 19.1. The number of aromatic nitrogens is 6. The summed E-state index contributed by atoms with van der Waals surface area (Å²) >= 11 is 0. The quantitative estimate of drug-likeness (QED) is 0.169. The van der Waals surface area contributed by atoms with E-state index in [2.05, 4.69) is 83.0 Å². The summed E-state index contributed by atoms with van der Waals surface area (Å²) in [6, 6.07) is 17.5. The highest BCUT2D eigenvalue weighted by Gasteiger charge is 2.39. The number of pyridine rings is 1. The minimum atomic E-state index is -1.01. The lowest BCUT2D eigenvalue weighted by molar-refractivity contribution is -0.135. The van der Waals surface area contributed by atoms with Gasteiger partial charge in [0, 0.05) is 114 Å². The molecule has 6 aromatic rings. The molecule has 336 valence electrons. The van der Waals surface area contributed by atoms with Crippen molar-refractivity contribution in [3.05, 3.63) is 88.7 Å². The maximum absolute atomic E-state index is 13.6. The summed E-state index contributed by atoms with van der Waals surface area (Å²) in [6.07, 6.45) is 6.24. The van der Waals surface area contributed by atoms with E-state index in [4.69, 9.17) is 10.1 Å². The molecule has 3 unspecified atom stereocenters. The SMILES string of the molecule is CNc1cc(N2CCc3c(-c4cc(N5CCN(CC6CCN(c7ccc8c(c7)n(C)c(=O)n8C7CCC(=O)NC7=O)CC6)CC5)ccn4)cccc32)nn2c(C(=O)NC3CC3F)cnc12. The molecule has 3 saturated heterocycles. The summed E-state index contributed by atoms with van der Waals surface area (Å²) in [5, 5.41) is 13.2. The molecule has 8 heterocycles. The van der Waals surface area contributed by atoms with Gasteiger partial charge >= 0.3 is 5.69 Å². The van der Waals surface area contributed by atoms with E-state index in [0.29, 0.717) is 42.3 Å². The molecule has 5 aliphatic rings. The van der Waals surface area contributed by atoms with Crippen molar-refractivity contribution in [2.24, 2.45) is 13.0 Å². The largest absolute Gasteiger partial charge is 0.385 e. The number of rotatable bonds is 10. The highest BCUT2D eigenvalue weighted by Crippen LogP contribution is 2.41. The van der Waals surface area contributed by atoms with Crippen molar-refractivity contribution in [3.8, 4) is 11.3 Å². The number of anilines is 5. The van der Waals surface area contributed by atoms with Crippen molar-refractivity contribution in [1.82, 2.24) is 44.2 Å². The average Bonchev–Trinajstić information content (AvgIpc) is 3.60. The van der Waals surface area contributed by atoms with Crippen LogP contribution in [0.1, 0.15) is 54.2 Å².